The van der Waals surface area contributed by atoms with E-state index in [-0.39, 0.29) is 23.9 Å². The summed E-state index contributed by atoms with van der Waals surface area (Å²) in [5.41, 5.74) is 0.328. The van der Waals surface area contributed by atoms with E-state index in [1.807, 2.05) is 0 Å². The van der Waals surface area contributed by atoms with Gasteiger partial charge in [-0.3, -0.25) is 4.79 Å². The summed E-state index contributed by atoms with van der Waals surface area (Å²) in [4.78, 5) is 24.6. The van der Waals surface area contributed by atoms with Gasteiger partial charge in [0.25, 0.3) is 5.91 Å². The molecule has 1 atom stereocenters. The lowest BCUT2D eigenvalue weighted by Crippen LogP contribution is -2.30. The number of piperidine rings is 1. The maximum Gasteiger partial charge on any atom is 0.349 e. The quantitative estimate of drug-likeness (QED) is 0.874. The zero-order chi connectivity index (χ0) is 17.1. The van der Waals surface area contributed by atoms with Crippen molar-refractivity contribution in [3.8, 4) is 0 Å². The van der Waals surface area contributed by atoms with E-state index in [1.165, 1.54) is 24.3 Å². The maximum absolute atomic E-state index is 12.9. The van der Waals surface area contributed by atoms with Crippen molar-refractivity contribution < 1.29 is 13.6 Å². The number of carbonyl (C=O) groups excluding carboxylic acids is 1. The molecule has 1 aromatic heterocycles. The Morgan fingerprint density at radius 3 is 2.64 bits per heavy atom. The second-order valence-electron chi connectivity index (χ2n) is 6.00. The molecule has 0 radical (unpaired) electrons. The molecule has 5 nitrogen and oxygen atoms in total. The van der Waals surface area contributed by atoms with Crippen LogP contribution in [-0.2, 0) is 0 Å². The molecule has 0 spiro atoms. The maximum atomic E-state index is 12.9. The van der Waals surface area contributed by atoms with Gasteiger partial charge in [-0.1, -0.05) is 0 Å². The number of aryl methyl sites for hydroxylation is 1. The number of anilines is 1. The lowest BCUT2D eigenvalue weighted by atomic mass is 9.95. The Bertz CT molecular complexity index is 799. The first-order chi connectivity index (χ1) is 11.5. The summed E-state index contributed by atoms with van der Waals surface area (Å²) in [6.07, 6.45) is 1.98. The topological polar surface area (TPSA) is 71.3 Å². The van der Waals surface area contributed by atoms with Crippen LogP contribution in [0.1, 0.15) is 40.4 Å². The summed E-state index contributed by atoms with van der Waals surface area (Å²) >= 11 is 0. The van der Waals surface area contributed by atoms with Crippen LogP contribution in [0.3, 0.4) is 0 Å². The third-order valence-corrected chi connectivity index (χ3v) is 4.20. The van der Waals surface area contributed by atoms with Crippen molar-refractivity contribution in [3.05, 3.63) is 63.5 Å². The van der Waals surface area contributed by atoms with Crippen molar-refractivity contribution in [2.75, 3.05) is 18.4 Å². The SMILES string of the molecule is Cc1cc(C2CCCNC2)oc(=O)c1C(=O)Nc1ccc(F)cc1.Cl. The molecule has 1 unspecified atom stereocenters. The molecule has 0 aliphatic carbocycles. The third-order valence-electron chi connectivity index (χ3n) is 4.20. The molecule has 1 aromatic carbocycles. The van der Waals surface area contributed by atoms with Crippen molar-refractivity contribution in [2.24, 2.45) is 0 Å². The van der Waals surface area contributed by atoms with Crippen LogP contribution in [0.15, 0.2) is 39.5 Å². The predicted molar refractivity (Wildman–Crippen MR) is 96.2 cm³/mol. The fourth-order valence-electron chi connectivity index (χ4n) is 2.93. The molecule has 25 heavy (non-hydrogen) atoms. The molecule has 0 bridgehead atoms. The van der Waals surface area contributed by atoms with Crippen LogP contribution < -0.4 is 16.3 Å². The molecule has 2 heterocycles. The Labute approximate surface area is 151 Å². The lowest BCUT2D eigenvalue weighted by Gasteiger charge is -2.22. The van der Waals surface area contributed by atoms with Crippen LogP contribution in [0, 0.1) is 12.7 Å². The highest BCUT2D eigenvalue weighted by Crippen LogP contribution is 2.23. The Hall–Kier alpha value is -2.18. The Balaban J connectivity index is 0.00000225. The van der Waals surface area contributed by atoms with E-state index in [2.05, 4.69) is 10.6 Å². The van der Waals surface area contributed by atoms with Crippen LogP contribution in [-0.4, -0.2) is 19.0 Å². The molecule has 0 saturated carbocycles. The van der Waals surface area contributed by atoms with Gasteiger partial charge in [0.05, 0.1) is 0 Å². The van der Waals surface area contributed by atoms with Gasteiger partial charge in [-0.2, -0.15) is 0 Å². The summed E-state index contributed by atoms with van der Waals surface area (Å²) in [7, 11) is 0. The van der Waals surface area contributed by atoms with Crippen molar-refractivity contribution in [3.63, 3.8) is 0 Å². The summed E-state index contributed by atoms with van der Waals surface area (Å²) in [6, 6.07) is 7.12. The van der Waals surface area contributed by atoms with E-state index < -0.39 is 17.3 Å². The van der Waals surface area contributed by atoms with E-state index in [0.29, 0.717) is 17.0 Å². The number of amides is 1. The number of halogens is 2. The highest BCUT2D eigenvalue weighted by molar-refractivity contribution is 6.04. The molecule has 2 aromatic rings. The first-order valence-electron chi connectivity index (χ1n) is 7.97. The van der Waals surface area contributed by atoms with Crippen molar-refractivity contribution in [1.82, 2.24) is 5.32 Å². The van der Waals surface area contributed by atoms with E-state index in [4.69, 9.17) is 4.42 Å². The average Bonchev–Trinajstić information content (AvgIpc) is 2.57. The minimum Gasteiger partial charge on any atom is -0.427 e. The normalized spacial score (nSPS) is 16.8. The second kappa shape index (κ2) is 8.27. The molecule has 2 N–H and O–H groups in total. The summed E-state index contributed by atoms with van der Waals surface area (Å²) in [5, 5.41) is 5.86. The van der Waals surface area contributed by atoms with Gasteiger partial charge in [-0.25, -0.2) is 9.18 Å². The second-order valence-corrected chi connectivity index (χ2v) is 6.00. The zero-order valence-corrected chi connectivity index (χ0v) is 14.6. The number of rotatable bonds is 3. The van der Waals surface area contributed by atoms with Gasteiger partial charge in [0, 0.05) is 18.2 Å². The monoisotopic (exact) mass is 366 g/mol. The molecular weight excluding hydrogens is 347 g/mol. The van der Waals surface area contributed by atoms with Gasteiger partial charge in [0.15, 0.2) is 0 Å². The molecule has 1 saturated heterocycles. The number of nitrogens with one attached hydrogen (secondary N) is 2. The van der Waals surface area contributed by atoms with E-state index >= 15 is 0 Å². The summed E-state index contributed by atoms with van der Waals surface area (Å²) in [5.74, 6) is -0.183. The van der Waals surface area contributed by atoms with Crippen LogP contribution >= 0.6 is 12.4 Å². The first-order valence-corrected chi connectivity index (χ1v) is 7.97. The molecule has 1 fully saturated rings. The zero-order valence-electron chi connectivity index (χ0n) is 13.8. The standard InChI is InChI=1S/C18H19FN2O3.ClH/c1-11-9-15(12-3-2-8-20-10-12)24-18(23)16(11)17(22)21-14-6-4-13(19)5-7-14;/h4-7,9,12,20H,2-3,8,10H2,1H3,(H,21,22);1H. The number of carbonyl (C=O) groups is 1. The lowest BCUT2D eigenvalue weighted by molar-refractivity contribution is 0.102. The summed E-state index contributed by atoms with van der Waals surface area (Å²) in [6.45, 7) is 3.46. The van der Waals surface area contributed by atoms with Gasteiger partial charge in [0.1, 0.15) is 17.1 Å². The fraction of sp³-hybridized carbons (Fsp3) is 0.333. The van der Waals surface area contributed by atoms with Gasteiger partial charge in [-0.05, 0) is 62.2 Å². The van der Waals surface area contributed by atoms with Crippen molar-refractivity contribution in [2.45, 2.75) is 25.7 Å². The van der Waals surface area contributed by atoms with Gasteiger partial charge < -0.3 is 15.1 Å². The third kappa shape index (κ3) is 4.46. The Kier molecular flexibility index (Phi) is 6.33. The molecular formula is C18H20ClFN2O3. The van der Waals surface area contributed by atoms with Crippen LogP contribution in [0.5, 0.6) is 0 Å². The van der Waals surface area contributed by atoms with Crippen LogP contribution in [0.4, 0.5) is 10.1 Å². The van der Waals surface area contributed by atoms with E-state index in [0.717, 1.165) is 25.9 Å². The van der Waals surface area contributed by atoms with Gasteiger partial charge >= 0.3 is 5.63 Å². The highest BCUT2D eigenvalue weighted by atomic mass is 35.5. The van der Waals surface area contributed by atoms with Gasteiger partial charge in [0.2, 0.25) is 0 Å². The van der Waals surface area contributed by atoms with Crippen LogP contribution in [0.2, 0.25) is 0 Å². The highest BCUT2D eigenvalue weighted by Gasteiger charge is 2.22. The van der Waals surface area contributed by atoms with Gasteiger partial charge in [-0.15, -0.1) is 12.4 Å². The molecule has 7 heteroatoms. The largest absolute Gasteiger partial charge is 0.427 e. The van der Waals surface area contributed by atoms with E-state index in [1.54, 1.807) is 13.0 Å². The smallest absolute Gasteiger partial charge is 0.349 e. The molecule has 134 valence electrons. The van der Waals surface area contributed by atoms with E-state index in [9.17, 15) is 14.0 Å². The minimum absolute atomic E-state index is 0. The summed E-state index contributed by atoms with van der Waals surface area (Å²) < 4.78 is 18.3. The number of hydrogen-bond acceptors (Lipinski definition) is 4. The first kappa shape index (κ1) is 19.1. The average molecular weight is 367 g/mol. The van der Waals surface area contributed by atoms with Crippen LogP contribution in [0.25, 0.3) is 0 Å². The number of benzene rings is 1. The number of hydrogen-bond donors (Lipinski definition) is 2. The molecule has 1 aliphatic heterocycles. The molecule has 1 amide bonds. The fourth-order valence-corrected chi connectivity index (χ4v) is 2.93. The Morgan fingerprint density at radius 2 is 2.04 bits per heavy atom. The van der Waals surface area contributed by atoms with Crippen molar-refractivity contribution >= 4 is 24.0 Å². The minimum atomic E-state index is -0.643. The molecule has 1 aliphatic rings. The van der Waals surface area contributed by atoms with Crippen molar-refractivity contribution in [1.29, 1.82) is 0 Å². The molecule has 3 rings (SSSR count). The Morgan fingerprint density at radius 1 is 1.32 bits per heavy atom. The predicted octanol–water partition coefficient (Wildman–Crippen LogP) is 3.23.